The summed E-state index contributed by atoms with van der Waals surface area (Å²) in [6.07, 6.45) is 11.4. The topological polar surface area (TPSA) is 12.0 Å². The number of nitrogens with one attached hydrogen (secondary N) is 1. The fourth-order valence-corrected chi connectivity index (χ4v) is 4.18. The van der Waals surface area contributed by atoms with Crippen molar-refractivity contribution in [2.45, 2.75) is 70.9 Å². The van der Waals surface area contributed by atoms with Crippen molar-refractivity contribution in [2.75, 3.05) is 0 Å². The van der Waals surface area contributed by atoms with Gasteiger partial charge in [0.1, 0.15) is 0 Å². The molecule has 3 rings (SSSR count). The predicted molar refractivity (Wildman–Crippen MR) is 81.2 cm³/mol. The fraction of sp³-hybridized carbons (Fsp3) is 0.667. The van der Waals surface area contributed by atoms with Crippen molar-refractivity contribution in [3.05, 3.63) is 35.4 Å². The molecule has 0 amide bonds. The summed E-state index contributed by atoms with van der Waals surface area (Å²) in [6, 6.07) is 9.69. The van der Waals surface area contributed by atoms with Gasteiger partial charge in [-0.1, -0.05) is 50.5 Å². The summed E-state index contributed by atoms with van der Waals surface area (Å²) in [4.78, 5) is 0. The summed E-state index contributed by atoms with van der Waals surface area (Å²) >= 11 is 0. The zero-order valence-corrected chi connectivity index (χ0v) is 12.3. The molecule has 1 aromatic rings. The maximum Gasteiger partial charge on any atom is 0.0211 e. The molecule has 0 bridgehead atoms. The van der Waals surface area contributed by atoms with Gasteiger partial charge in [-0.25, -0.2) is 0 Å². The molecule has 1 unspecified atom stereocenters. The minimum absolute atomic E-state index is 0.680. The maximum absolute atomic E-state index is 3.87. The summed E-state index contributed by atoms with van der Waals surface area (Å²) in [5, 5.41) is 3.87. The Morgan fingerprint density at radius 1 is 1.05 bits per heavy atom. The van der Waals surface area contributed by atoms with Gasteiger partial charge >= 0.3 is 0 Å². The van der Waals surface area contributed by atoms with Crippen molar-refractivity contribution in [1.82, 2.24) is 5.32 Å². The molecule has 1 aromatic carbocycles. The first-order valence-corrected chi connectivity index (χ1v) is 8.14. The van der Waals surface area contributed by atoms with Crippen LogP contribution in [0.3, 0.4) is 0 Å². The number of benzene rings is 1. The van der Waals surface area contributed by atoms with Crippen molar-refractivity contribution >= 4 is 0 Å². The van der Waals surface area contributed by atoms with Gasteiger partial charge in [-0.05, 0) is 48.6 Å². The second-order valence-corrected chi connectivity index (χ2v) is 6.52. The van der Waals surface area contributed by atoms with Crippen LogP contribution in [0.1, 0.15) is 63.0 Å². The first-order valence-electron chi connectivity index (χ1n) is 8.14. The summed E-state index contributed by atoms with van der Waals surface area (Å²) in [6.45, 7) is 3.32. The molecular formula is C18H27N. The molecule has 0 heterocycles. The highest BCUT2D eigenvalue weighted by Gasteiger charge is 2.46. The second kappa shape index (κ2) is 5.66. The fourth-order valence-electron chi connectivity index (χ4n) is 4.18. The van der Waals surface area contributed by atoms with E-state index in [1.54, 1.807) is 0 Å². The molecule has 1 nitrogen and oxygen atoms in total. The highest BCUT2D eigenvalue weighted by molar-refractivity contribution is 5.27. The third-order valence-corrected chi connectivity index (χ3v) is 5.56. The van der Waals surface area contributed by atoms with Gasteiger partial charge in [0.2, 0.25) is 0 Å². The number of hydrogen-bond acceptors (Lipinski definition) is 1. The second-order valence-electron chi connectivity index (χ2n) is 6.52. The highest BCUT2D eigenvalue weighted by Crippen LogP contribution is 2.51. The molecule has 0 saturated heterocycles. The van der Waals surface area contributed by atoms with Crippen LogP contribution in [0.4, 0.5) is 0 Å². The summed E-state index contributed by atoms with van der Waals surface area (Å²) < 4.78 is 0. The van der Waals surface area contributed by atoms with Crippen LogP contribution in [0.15, 0.2) is 24.3 Å². The van der Waals surface area contributed by atoms with E-state index in [0.29, 0.717) is 5.41 Å². The smallest absolute Gasteiger partial charge is 0.0211 e. The van der Waals surface area contributed by atoms with Gasteiger partial charge < -0.3 is 5.32 Å². The minimum Gasteiger partial charge on any atom is -0.309 e. The van der Waals surface area contributed by atoms with Crippen LogP contribution in [0.5, 0.6) is 0 Å². The lowest BCUT2D eigenvalue weighted by Crippen LogP contribution is -2.54. The van der Waals surface area contributed by atoms with Crippen LogP contribution < -0.4 is 5.32 Å². The van der Waals surface area contributed by atoms with E-state index < -0.39 is 0 Å². The Balaban J connectivity index is 1.60. The van der Waals surface area contributed by atoms with Gasteiger partial charge in [-0.2, -0.15) is 0 Å². The standard InChI is InChI=1S/C18H27N/c1-2-15-8-4-5-9-16(15)14-19-17-10-13-18(17)11-6-3-7-12-18/h4-5,8-9,17,19H,2-3,6-7,10-14H2,1H3. The van der Waals surface area contributed by atoms with Gasteiger partial charge in [0.05, 0.1) is 0 Å². The van der Waals surface area contributed by atoms with Crippen LogP contribution in [-0.2, 0) is 13.0 Å². The van der Waals surface area contributed by atoms with E-state index in [4.69, 9.17) is 0 Å². The molecule has 0 radical (unpaired) electrons. The summed E-state index contributed by atoms with van der Waals surface area (Å²) in [5.74, 6) is 0. The molecule has 1 atom stereocenters. The first-order chi connectivity index (χ1) is 9.34. The predicted octanol–water partition coefficient (Wildman–Crippen LogP) is 4.45. The largest absolute Gasteiger partial charge is 0.309 e. The summed E-state index contributed by atoms with van der Waals surface area (Å²) in [5.41, 5.74) is 3.69. The molecule has 0 aliphatic heterocycles. The van der Waals surface area contributed by atoms with Crippen LogP contribution in [0.25, 0.3) is 0 Å². The maximum atomic E-state index is 3.87. The molecule has 0 aromatic heterocycles. The molecule has 2 fully saturated rings. The van der Waals surface area contributed by atoms with Gasteiger partial charge in [0, 0.05) is 12.6 Å². The van der Waals surface area contributed by atoms with Crippen molar-refractivity contribution in [3.8, 4) is 0 Å². The van der Waals surface area contributed by atoms with Gasteiger partial charge in [0.15, 0.2) is 0 Å². The van der Waals surface area contributed by atoms with Crippen LogP contribution in [0.2, 0.25) is 0 Å². The Kier molecular flexibility index (Phi) is 3.93. The molecule has 2 aliphatic carbocycles. The van der Waals surface area contributed by atoms with E-state index in [2.05, 4.69) is 36.5 Å². The van der Waals surface area contributed by atoms with Crippen LogP contribution in [-0.4, -0.2) is 6.04 Å². The van der Waals surface area contributed by atoms with E-state index in [0.717, 1.165) is 19.0 Å². The molecule has 1 heteroatoms. The lowest BCUT2D eigenvalue weighted by Gasteiger charge is -2.52. The quantitative estimate of drug-likeness (QED) is 0.840. The van der Waals surface area contributed by atoms with E-state index in [-0.39, 0.29) is 0 Å². The molecule has 104 valence electrons. The lowest BCUT2D eigenvalue weighted by molar-refractivity contribution is 0.0221. The normalized spacial score (nSPS) is 25.2. The minimum atomic E-state index is 0.680. The number of rotatable bonds is 4. The average molecular weight is 257 g/mol. The molecule has 1 N–H and O–H groups in total. The molecule has 1 spiro atoms. The number of hydrogen-bond donors (Lipinski definition) is 1. The lowest BCUT2D eigenvalue weighted by atomic mass is 9.57. The summed E-state index contributed by atoms with van der Waals surface area (Å²) in [7, 11) is 0. The number of aryl methyl sites for hydroxylation is 1. The van der Waals surface area contributed by atoms with E-state index >= 15 is 0 Å². The molecule has 2 saturated carbocycles. The first kappa shape index (κ1) is 13.2. The Hall–Kier alpha value is -0.820. The Morgan fingerprint density at radius 3 is 2.42 bits per heavy atom. The van der Waals surface area contributed by atoms with E-state index in [1.807, 2.05) is 0 Å². The Labute approximate surface area is 117 Å². The third kappa shape index (κ3) is 2.58. The van der Waals surface area contributed by atoms with Crippen molar-refractivity contribution in [1.29, 1.82) is 0 Å². The molecular weight excluding hydrogens is 230 g/mol. The molecule has 2 aliphatic rings. The van der Waals surface area contributed by atoms with Gasteiger partial charge in [-0.3, -0.25) is 0 Å². The zero-order chi connectivity index (χ0) is 13.1. The Bertz CT molecular complexity index is 417. The van der Waals surface area contributed by atoms with Crippen LogP contribution in [0, 0.1) is 5.41 Å². The SMILES string of the molecule is CCc1ccccc1CNC1CCC12CCCCC2. The average Bonchev–Trinajstić information content (AvgIpc) is 2.47. The van der Waals surface area contributed by atoms with Crippen LogP contribution >= 0.6 is 0 Å². The van der Waals surface area contributed by atoms with E-state index in [9.17, 15) is 0 Å². The van der Waals surface area contributed by atoms with Gasteiger partial charge in [-0.15, -0.1) is 0 Å². The highest BCUT2D eigenvalue weighted by atomic mass is 15.0. The van der Waals surface area contributed by atoms with Crippen molar-refractivity contribution < 1.29 is 0 Å². The zero-order valence-electron chi connectivity index (χ0n) is 12.3. The van der Waals surface area contributed by atoms with Crippen molar-refractivity contribution in [3.63, 3.8) is 0 Å². The van der Waals surface area contributed by atoms with E-state index in [1.165, 1.54) is 56.1 Å². The molecule has 19 heavy (non-hydrogen) atoms. The third-order valence-electron chi connectivity index (χ3n) is 5.56. The van der Waals surface area contributed by atoms with Gasteiger partial charge in [0.25, 0.3) is 0 Å². The van der Waals surface area contributed by atoms with Crippen molar-refractivity contribution in [2.24, 2.45) is 5.41 Å². The Morgan fingerprint density at radius 2 is 1.79 bits per heavy atom. The monoisotopic (exact) mass is 257 g/mol.